The van der Waals surface area contributed by atoms with Gasteiger partial charge in [0.1, 0.15) is 41.3 Å². The van der Waals surface area contributed by atoms with Gasteiger partial charge in [-0.15, -0.1) is 0 Å². The molecule has 5 aromatic carbocycles. The van der Waals surface area contributed by atoms with Crippen molar-refractivity contribution in [1.29, 1.82) is 0 Å². The van der Waals surface area contributed by atoms with Crippen LogP contribution in [0.25, 0.3) is 11.1 Å². The Balaban J connectivity index is 1.53. The second-order valence-electron chi connectivity index (χ2n) is 9.52. The first-order valence-electron chi connectivity index (χ1n) is 12.8. The van der Waals surface area contributed by atoms with Crippen LogP contribution in [0.5, 0.6) is 11.5 Å². The summed E-state index contributed by atoms with van der Waals surface area (Å²) >= 11 is 0. The molecule has 0 aliphatic carbocycles. The topological polar surface area (TPSA) is 18.5 Å². The number of hydrogen-bond acceptors (Lipinski definition) is 2. The summed E-state index contributed by atoms with van der Waals surface area (Å²) < 4.78 is 12.6. The summed E-state index contributed by atoms with van der Waals surface area (Å²) in [4.78, 5) is 0. The number of rotatable bonds is 7. The van der Waals surface area contributed by atoms with Gasteiger partial charge in [-0.05, 0) is 48.0 Å². The van der Waals surface area contributed by atoms with Crippen LogP contribution in [0.2, 0.25) is 0 Å². The Morgan fingerprint density at radius 2 is 1.27 bits per heavy atom. The third-order valence-electron chi connectivity index (χ3n) is 7.25. The maximum atomic E-state index is 6.54. The fraction of sp³-hybridized carbons (Fsp3) is 0.118. The van der Waals surface area contributed by atoms with Gasteiger partial charge < -0.3 is 9.47 Å². The normalized spacial score (nSPS) is 12.6. The molecular weight excluding hydrogens is 471 g/mol. The molecule has 0 radical (unpaired) electrons. The SMILES string of the molecule is C[P+](c1ccccc1)(c1ccccc1)c1ccccc1-c1cc2c(cc1OCc1ccccc1)CCO2. The number of fused-ring (bicyclic) bond motifs is 1. The van der Waals surface area contributed by atoms with E-state index in [1.54, 1.807) is 0 Å². The molecule has 1 aliphatic heterocycles. The van der Waals surface area contributed by atoms with Crippen LogP contribution in [-0.4, -0.2) is 13.3 Å². The number of ether oxygens (including phenoxy) is 2. The van der Waals surface area contributed by atoms with Crippen molar-refractivity contribution in [2.24, 2.45) is 0 Å². The molecule has 0 amide bonds. The molecule has 6 rings (SSSR count). The Morgan fingerprint density at radius 1 is 0.676 bits per heavy atom. The first-order valence-corrected chi connectivity index (χ1v) is 15.0. The monoisotopic (exact) mass is 501 g/mol. The largest absolute Gasteiger partial charge is 0.493 e. The number of hydrogen-bond donors (Lipinski definition) is 0. The summed E-state index contributed by atoms with van der Waals surface area (Å²) in [6.07, 6.45) is 0.914. The average Bonchev–Trinajstić information content (AvgIpc) is 3.44. The van der Waals surface area contributed by atoms with E-state index in [1.165, 1.54) is 27.0 Å². The third kappa shape index (κ3) is 4.54. The minimum atomic E-state index is -1.94. The predicted molar refractivity (Wildman–Crippen MR) is 156 cm³/mol. The van der Waals surface area contributed by atoms with Crippen LogP contribution in [0, 0.1) is 0 Å². The zero-order valence-electron chi connectivity index (χ0n) is 21.0. The fourth-order valence-corrected chi connectivity index (χ4v) is 8.69. The van der Waals surface area contributed by atoms with Gasteiger partial charge in [0.15, 0.2) is 0 Å². The minimum absolute atomic E-state index is 0.527. The van der Waals surface area contributed by atoms with Crippen molar-refractivity contribution < 1.29 is 9.47 Å². The molecule has 1 heterocycles. The second-order valence-corrected chi connectivity index (χ2v) is 13.1. The summed E-state index contributed by atoms with van der Waals surface area (Å²) in [5.74, 6) is 1.88. The first kappa shape index (κ1) is 23.5. The van der Waals surface area contributed by atoms with Crippen LogP contribution in [0.4, 0.5) is 0 Å². The lowest BCUT2D eigenvalue weighted by Gasteiger charge is -2.26. The predicted octanol–water partition coefficient (Wildman–Crippen LogP) is 6.79. The van der Waals surface area contributed by atoms with Gasteiger partial charge in [-0.1, -0.05) is 84.9 Å². The van der Waals surface area contributed by atoms with Crippen LogP contribution in [0.1, 0.15) is 11.1 Å². The summed E-state index contributed by atoms with van der Waals surface area (Å²) in [6.45, 7) is 3.68. The van der Waals surface area contributed by atoms with E-state index >= 15 is 0 Å². The van der Waals surface area contributed by atoms with Crippen molar-refractivity contribution >= 4 is 23.2 Å². The molecular formula is C34H30O2P+. The highest BCUT2D eigenvalue weighted by Gasteiger charge is 2.42. The Labute approximate surface area is 219 Å². The van der Waals surface area contributed by atoms with Crippen molar-refractivity contribution in [3.8, 4) is 22.6 Å². The van der Waals surface area contributed by atoms with E-state index in [9.17, 15) is 0 Å². The van der Waals surface area contributed by atoms with Gasteiger partial charge in [0, 0.05) is 23.1 Å². The maximum absolute atomic E-state index is 6.54. The fourth-order valence-electron chi connectivity index (χ4n) is 5.24. The molecule has 3 heteroatoms. The molecule has 2 nitrogen and oxygen atoms in total. The minimum Gasteiger partial charge on any atom is -0.493 e. The molecule has 0 spiro atoms. The first-order chi connectivity index (χ1) is 18.2. The van der Waals surface area contributed by atoms with Gasteiger partial charge in [0.2, 0.25) is 0 Å². The third-order valence-corrected chi connectivity index (χ3v) is 11.3. The van der Waals surface area contributed by atoms with E-state index in [-0.39, 0.29) is 0 Å². The molecule has 0 fully saturated rings. The van der Waals surface area contributed by atoms with Crippen LogP contribution in [0.3, 0.4) is 0 Å². The molecule has 0 unspecified atom stereocenters. The van der Waals surface area contributed by atoms with E-state index in [1.807, 2.05) is 6.07 Å². The smallest absolute Gasteiger partial charge is 0.128 e. The Morgan fingerprint density at radius 3 is 1.95 bits per heavy atom. The highest BCUT2D eigenvalue weighted by atomic mass is 31.2. The second kappa shape index (κ2) is 10.2. The highest BCUT2D eigenvalue weighted by molar-refractivity contribution is 7.95. The molecule has 182 valence electrons. The molecule has 0 N–H and O–H groups in total. The summed E-state index contributed by atoms with van der Waals surface area (Å²) in [7, 11) is -1.94. The van der Waals surface area contributed by atoms with Crippen molar-refractivity contribution in [3.05, 3.63) is 139 Å². The average molecular weight is 502 g/mol. The lowest BCUT2D eigenvalue weighted by atomic mass is 10.0. The Hall–Kier alpha value is -3.87. The van der Waals surface area contributed by atoms with Gasteiger partial charge in [0.05, 0.1) is 13.3 Å². The van der Waals surface area contributed by atoms with Crippen molar-refractivity contribution in [3.63, 3.8) is 0 Å². The molecule has 0 saturated heterocycles. The van der Waals surface area contributed by atoms with Gasteiger partial charge in [-0.25, -0.2) is 0 Å². The van der Waals surface area contributed by atoms with Crippen molar-refractivity contribution in [1.82, 2.24) is 0 Å². The zero-order valence-corrected chi connectivity index (χ0v) is 21.9. The summed E-state index contributed by atoms with van der Waals surface area (Å²) in [5, 5.41) is 4.06. The number of benzene rings is 5. The summed E-state index contributed by atoms with van der Waals surface area (Å²) in [6, 6.07) is 45.5. The molecule has 0 saturated carbocycles. The van der Waals surface area contributed by atoms with Crippen LogP contribution < -0.4 is 25.4 Å². The van der Waals surface area contributed by atoms with Gasteiger partial charge >= 0.3 is 0 Å². The molecule has 1 aliphatic rings. The van der Waals surface area contributed by atoms with Gasteiger partial charge in [-0.3, -0.25) is 0 Å². The zero-order chi connectivity index (χ0) is 25.1. The van der Waals surface area contributed by atoms with Crippen molar-refractivity contribution in [2.45, 2.75) is 13.0 Å². The lowest BCUT2D eigenvalue weighted by Crippen LogP contribution is -2.31. The maximum Gasteiger partial charge on any atom is 0.128 e. The van der Waals surface area contributed by atoms with E-state index in [2.05, 4.69) is 128 Å². The molecule has 0 bridgehead atoms. The lowest BCUT2D eigenvalue weighted by molar-refractivity contribution is 0.307. The Bertz CT molecular complexity index is 1460. The molecule has 37 heavy (non-hydrogen) atoms. The van der Waals surface area contributed by atoms with Crippen LogP contribution in [-0.2, 0) is 13.0 Å². The molecule has 0 aromatic heterocycles. The van der Waals surface area contributed by atoms with E-state index in [4.69, 9.17) is 9.47 Å². The van der Waals surface area contributed by atoms with E-state index in [0.717, 1.165) is 35.7 Å². The van der Waals surface area contributed by atoms with Crippen LogP contribution in [0.15, 0.2) is 127 Å². The quantitative estimate of drug-likeness (QED) is 0.229. The Kier molecular flexibility index (Phi) is 6.51. The van der Waals surface area contributed by atoms with Gasteiger partial charge in [-0.2, -0.15) is 0 Å². The van der Waals surface area contributed by atoms with Crippen LogP contribution >= 0.6 is 7.26 Å². The van der Waals surface area contributed by atoms with Gasteiger partial charge in [0.25, 0.3) is 0 Å². The van der Waals surface area contributed by atoms with E-state index < -0.39 is 7.26 Å². The highest BCUT2D eigenvalue weighted by Crippen LogP contribution is 2.54. The standard InChI is InChI=1S/C34H30O2P/c1-37(28-15-7-3-8-16-28,29-17-9-4-10-18-29)34-20-12-11-19-30(34)31-24-32-27(21-22-35-32)23-33(31)36-25-26-13-5-2-6-14-26/h2-20,23-24H,21-22,25H2,1H3/q+1. The molecule has 5 aromatic rings. The van der Waals surface area contributed by atoms with Crippen molar-refractivity contribution in [2.75, 3.05) is 13.3 Å². The summed E-state index contributed by atoms with van der Waals surface area (Å²) in [5.41, 5.74) is 4.66. The van der Waals surface area contributed by atoms with E-state index in [0.29, 0.717) is 6.61 Å². The molecule has 0 atom stereocenters.